The Hall–Kier alpha value is -1.54. The zero-order chi connectivity index (χ0) is 16.3. The number of alkyl halides is 3. The van der Waals surface area contributed by atoms with E-state index in [0.29, 0.717) is 22.0 Å². The number of rotatable bonds is 5. The monoisotopic (exact) mass is 378 g/mol. The van der Waals surface area contributed by atoms with Gasteiger partial charge >= 0.3 is 6.18 Å². The van der Waals surface area contributed by atoms with E-state index < -0.39 is 18.6 Å². The summed E-state index contributed by atoms with van der Waals surface area (Å²) in [6.45, 7) is -0.526. The lowest BCUT2D eigenvalue weighted by Gasteiger charge is -2.08. The molecule has 1 amide bonds. The Morgan fingerprint density at radius 3 is 2.77 bits per heavy atom. The number of nitrogens with one attached hydrogen (secondary N) is 1. The minimum Gasteiger partial charge on any atom is -0.383 e. The number of nitrogens with zero attached hydrogens (tertiary/aromatic N) is 1. The van der Waals surface area contributed by atoms with E-state index >= 15 is 0 Å². The molecule has 8 heteroatoms. The quantitative estimate of drug-likeness (QED) is 0.810. The van der Waals surface area contributed by atoms with E-state index in [9.17, 15) is 18.0 Å². The van der Waals surface area contributed by atoms with Gasteiger partial charge in [-0.25, -0.2) is 0 Å². The van der Waals surface area contributed by atoms with Crippen LogP contribution in [0.15, 0.2) is 28.9 Å². The smallest absolute Gasteiger partial charge is 0.383 e. The highest BCUT2D eigenvalue weighted by Gasteiger charge is 2.29. The molecular formula is C14H14BrF3N2O2. The minimum atomic E-state index is -4.36. The molecule has 0 radical (unpaired) electrons. The molecule has 0 aliphatic carbocycles. The lowest BCUT2D eigenvalue weighted by Crippen LogP contribution is -2.26. The first kappa shape index (κ1) is 16.8. The lowest BCUT2D eigenvalue weighted by molar-refractivity contribution is -0.139. The van der Waals surface area contributed by atoms with E-state index in [2.05, 4.69) is 21.2 Å². The first-order chi connectivity index (χ1) is 10.3. The summed E-state index contributed by atoms with van der Waals surface area (Å²) in [5.41, 5.74) is 0.562. The van der Waals surface area contributed by atoms with Crippen LogP contribution in [0.2, 0.25) is 0 Å². The predicted molar refractivity (Wildman–Crippen MR) is 79.9 cm³/mol. The van der Waals surface area contributed by atoms with Crippen LogP contribution in [0.1, 0.15) is 10.4 Å². The van der Waals surface area contributed by atoms with Crippen molar-refractivity contribution in [2.24, 2.45) is 0 Å². The summed E-state index contributed by atoms with van der Waals surface area (Å²) in [7, 11) is 1.50. The van der Waals surface area contributed by atoms with Gasteiger partial charge in [0, 0.05) is 29.7 Å². The van der Waals surface area contributed by atoms with Crippen LogP contribution < -0.4 is 5.32 Å². The molecule has 4 nitrogen and oxygen atoms in total. The lowest BCUT2D eigenvalue weighted by atomic mass is 10.1. The third kappa shape index (κ3) is 4.01. The number of benzene rings is 1. The number of amides is 1. The summed E-state index contributed by atoms with van der Waals surface area (Å²) in [5.74, 6) is -0.426. The largest absolute Gasteiger partial charge is 0.406 e. The van der Waals surface area contributed by atoms with Crippen molar-refractivity contribution < 1.29 is 22.7 Å². The Kier molecular flexibility index (Phi) is 5.12. The average molecular weight is 379 g/mol. The van der Waals surface area contributed by atoms with Crippen molar-refractivity contribution in [3.63, 3.8) is 0 Å². The van der Waals surface area contributed by atoms with Crippen molar-refractivity contribution in [1.82, 2.24) is 9.88 Å². The summed E-state index contributed by atoms with van der Waals surface area (Å²) in [5, 5.41) is 3.09. The van der Waals surface area contributed by atoms with E-state index in [1.807, 2.05) is 0 Å². The molecule has 2 rings (SSSR count). The Morgan fingerprint density at radius 1 is 1.41 bits per heavy atom. The summed E-state index contributed by atoms with van der Waals surface area (Å²) < 4.78 is 44.5. The molecule has 0 fully saturated rings. The van der Waals surface area contributed by atoms with Crippen LogP contribution in [0.5, 0.6) is 0 Å². The maximum absolute atomic E-state index is 12.7. The van der Waals surface area contributed by atoms with Crippen molar-refractivity contribution in [2.75, 3.05) is 20.3 Å². The molecular weight excluding hydrogens is 365 g/mol. The van der Waals surface area contributed by atoms with E-state index in [1.165, 1.54) is 13.3 Å². The molecule has 0 aliphatic heterocycles. The van der Waals surface area contributed by atoms with Gasteiger partial charge in [0.1, 0.15) is 6.54 Å². The zero-order valence-electron chi connectivity index (χ0n) is 11.7. The third-order valence-corrected chi connectivity index (χ3v) is 3.52. The van der Waals surface area contributed by atoms with Gasteiger partial charge in [0.05, 0.1) is 17.7 Å². The second-order valence-corrected chi connectivity index (χ2v) is 5.61. The summed E-state index contributed by atoms with van der Waals surface area (Å²) in [6, 6.07) is 4.87. The van der Waals surface area contributed by atoms with Crippen molar-refractivity contribution in [1.29, 1.82) is 0 Å². The number of hydrogen-bond acceptors (Lipinski definition) is 2. The SMILES string of the molecule is COCCNC(=O)c1cn(CC(F)(F)F)c2cc(Br)ccc12. The van der Waals surface area contributed by atoms with Gasteiger partial charge in [0.15, 0.2) is 0 Å². The van der Waals surface area contributed by atoms with E-state index in [0.717, 1.165) is 4.57 Å². The second-order valence-electron chi connectivity index (χ2n) is 4.70. The molecule has 0 bridgehead atoms. The highest BCUT2D eigenvalue weighted by molar-refractivity contribution is 9.10. The highest BCUT2D eigenvalue weighted by Crippen LogP contribution is 2.28. The number of carbonyl (C=O) groups excluding carboxylic acids is 1. The van der Waals surface area contributed by atoms with E-state index in [-0.39, 0.29) is 12.1 Å². The number of fused-ring (bicyclic) bond motifs is 1. The number of ether oxygens (including phenoxy) is 1. The van der Waals surface area contributed by atoms with Gasteiger partial charge in [-0.05, 0) is 12.1 Å². The topological polar surface area (TPSA) is 43.3 Å². The van der Waals surface area contributed by atoms with Crippen molar-refractivity contribution in [2.45, 2.75) is 12.7 Å². The molecule has 0 atom stereocenters. The van der Waals surface area contributed by atoms with Crippen molar-refractivity contribution >= 4 is 32.7 Å². The van der Waals surface area contributed by atoms with Crippen LogP contribution in [0, 0.1) is 0 Å². The molecule has 0 saturated carbocycles. The van der Waals surface area contributed by atoms with Crippen LogP contribution in [0.25, 0.3) is 10.9 Å². The fraction of sp³-hybridized carbons (Fsp3) is 0.357. The normalized spacial score (nSPS) is 11.9. The van der Waals surface area contributed by atoms with Crippen LogP contribution in [0.3, 0.4) is 0 Å². The molecule has 0 aliphatic rings. The number of methoxy groups -OCH3 is 1. The van der Waals surface area contributed by atoms with E-state index in [4.69, 9.17) is 4.74 Å². The molecule has 0 spiro atoms. The molecule has 1 aromatic carbocycles. The number of halogens is 4. The van der Waals surface area contributed by atoms with E-state index in [1.54, 1.807) is 18.2 Å². The van der Waals surface area contributed by atoms with Gasteiger partial charge in [-0.15, -0.1) is 0 Å². The molecule has 1 heterocycles. The van der Waals surface area contributed by atoms with Gasteiger partial charge in [0.25, 0.3) is 5.91 Å². The number of carbonyl (C=O) groups is 1. The maximum atomic E-state index is 12.7. The maximum Gasteiger partial charge on any atom is 0.406 e. The van der Waals surface area contributed by atoms with Gasteiger partial charge < -0.3 is 14.6 Å². The fourth-order valence-corrected chi connectivity index (χ4v) is 2.48. The number of aromatic nitrogens is 1. The van der Waals surface area contributed by atoms with Gasteiger partial charge in [0.2, 0.25) is 0 Å². The highest BCUT2D eigenvalue weighted by atomic mass is 79.9. The summed E-state index contributed by atoms with van der Waals surface area (Å²) in [6.07, 6.45) is -3.13. The minimum absolute atomic E-state index is 0.211. The molecule has 1 N–H and O–H groups in total. The molecule has 0 saturated heterocycles. The standard InChI is InChI=1S/C14H14BrF3N2O2/c1-22-5-4-19-13(21)11-7-20(8-14(16,17)18)12-6-9(15)2-3-10(11)12/h2-3,6-7H,4-5,8H2,1H3,(H,19,21). The molecule has 2 aromatic rings. The molecule has 1 aromatic heterocycles. The molecule has 0 unspecified atom stereocenters. The van der Waals surface area contributed by atoms with Crippen LogP contribution in [0.4, 0.5) is 13.2 Å². The zero-order valence-corrected chi connectivity index (χ0v) is 13.3. The van der Waals surface area contributed by atoms with Gasteiger partial charge in [-0.3, -0.25) is 4.79 Å². The van der Waals surface area contributed by atoms with Crippen molar-refractivity contribution in [3.8, 4) is 0 Å². The summed E-state index contributed by atoms with van der Waals surface area (Å²) >= 11 is 3.23. The summed E-state index contributed by atoms with van der Waals surface area (Å²) in [4.78, 5) is 12.1. The first-order valence-corrected chi connectivity index (χ1v) is 7.23. The third-order valence-electron chi connectivity index (χ3n) is 3.03. The molecule has 22 heavy (non-hydrogen) atoms. The van der Waals surface area contributed by atoms with Crippen LogP contribution >= 0.6 is 15.9 Å². The van der Waals surface area contributed by atoms with Gasteiger partial charge in [-0.1, -0.05) is 22.0 Å². The van der Waals surface area contributed by atoms with Gasteiger partial charge in [-0.2, -0.15) is 13.2 Å². The first-order valence-electron chi connectivity index (χ1n) is 6.44. The molecule has 120 valence electrons. The Morgan fingerprint density at radius 2 is 2.14 bits per heavy atom. The van der Waals surface area contributed by atoms with Crippen LogP contribution in [-0.4, -0.2) is 36.9 Å². The Labute approximate surface area is 133 Å². The fourth-order valence-electron chi connectivity index (χ4n) is 2.13. The number of hydrogen-bond donors (Lipinski definition) is 1. The Balaban J connectivity index is 2.40. The van der Waals surface area contributed by atoms with Crippen LogP contribution in [-0.2, 0) is 11.3 Å². The average Bonchev–Trinajstić information content (AvgIpc) is 2.75. The Bertz CT molecular complexity index is 683. The predicted octanol–water partition coefficient (Wildman–Crippen LogP) is 3.34. The second kappa shape index (κ2) is 6.70. The van der Waals surface area contributed by atoms with Crippen molar-refractivity contribution in [3.05, 3.63) is 34.4 Å².